The first-order valence-electron chi connectivity index (χ1n) is 12.5. The predicted octanol–water partition coefficient (Wildman–Crippen LogP) is 3.20. The van der Waals surface area contributed by atoms with Crippen molar-refractivity contribution in [1.29, 1.82) is 0 Å². The molecule has 0 heterocycles. The van der Waals surface area contributed by atoms with E-state index in [1.54, 1.807) is 37.4 Å². The summed E-state index contributed by atoms with van der Waals surface area (Å²) in [7, 11) is 0.489. The van der Waals surface area contributed by atoms with Crippen LogP contribution in [0.1, 0.15) is 38.7 Å². The molecular formula is C27H39N3O7S. The van der Waals surface area contributed by atoms with Crippen LogP contribution in [0.15, 0.2) is 42.5 Å². The number of methoxy groups -OCH3 is 3. The monoisotopic (exact) mass is 549 g/mol. The number of rotatable bonds is 15. The van der Waals surface area contributed by atoms with E-state index in [-0.39, 0.29) is 23.9 Å². The average Bonchev–Trinajstić information content (AvgIpc) is 2.90. The molecule has 0 unspecified atom stereocenters. The second kappa shape index (κ2) is 14.5. The number of carbonyl (C=O) groups is 2. The quantitative estimate of drug-likeness (QED) is 0.339. The van der Waals surface area contributed by atoms with Crippen molar-refractivity contribution in [3.05, 3.63) is 48.0 Å². The highest BCUT2D eigenvalue weighted by Gasteiger charge is 2.32. The highest BCUT2D eigenvalue weighted by atomic mass is 32.2. The van der Waals surface area contributed by atoms with Gasteiger partial charge in [-0.3, -0.25) is 13.9 Å². The molecule has 2 aromatic rings. The zero-order chi connectivity index (χ0) is 28.3. The molecule has 0 radical (unpaired) electrons. The Hall–Kier alpha value is -3.47. The topological polar surface area (TPSA) is 114 Å². The van der Waals surface area contributed by atoms with Crippen LogP contribution in [0.3, 0.4) is 0 Å². The molecule has 1 N–H and O–H groups in total. The SMILES string of the molecule is CCCCNC(=O)[C@@H](CC)N(Cc1cccc(OC)c1)C(=O)CN(c1cc(OC)ccc1OC)S(C)(=O)=O. The first-order chi connectivity index (χ1) is 18.1. The second-order valence-electron chi connectivity index (χ2n) is 8.75. The molecule has 0 fully saturated rings. The van der Waals surface area contributed by atoms with E-state index in [2.05, 4.69) is 5.32 Å². The van der Waals surface area contributed by atoms with Gasteiger partial charge >= 0.3 is 0 Å². The van der Waals surface area contributed by atoms with Crippen molar-refractivity contribution >= 4 is 27.5 Å². The summed E-state index contributed by atoms with van der Waals surface area (Å²) >= 11 is 0. The van der Waals surface area contributed by atoms with Crippen LogP contribution in [0.4, 0.5) is 5.69 Å². The normalized spacial score (nSPS) is 11.8. The lowest BCUT2D eigenvalue weighted by molar-refractivity contribution is -0.140. The number of unbranched alkanes of at least 4 members (excludes halogenated alkanes) is 1. The van der Waals surface area contributed by atoms with E-state index in [1.807, 2.05) is 19.9 Å². The number of carbonyl (C=O) groups excluding carboxylic acids is 2. The van der Waals surface area contributed by atoms with Gasteiger partial charge in [0.2, 0.25) is 21.8 Å². The number of anilines is 1. The van der Waals surface area contributed by atoms with E-state index < -0.39 is 28.5 Å². The van der Waals surface area contributed by atoms with Crippen molar-refractivity contribution in [1.82, 2.24) is 10.2 Å². The third-order valence-corrected chi connectivity index (χ3v) is 7.16. The molecule has 0 bridgehead atoms. The average molecular weight is 550 g/mol. The number of hydrogen-bond acceptors (Lipinski definition) is 7. The van der Waals surface area contributed by atoms with Gasteiger partial charge in [-0.2, -0.15) is 0 Å². The summed E-state index contributed by atoms with van der Waals surface area (Å²) < 4.78 is 42.8. The van der Waals surface area contributed by atoms with E-state index in [1.165, 1.54) is 25.2 Å². The molecule has 10 nitrogen and oxygen atoms in total. The zero-order valence-electron chi connectivity index (χ0n) is 23.0. The maximum atomic E-state index is 13.9. The summed E-state index contributed by atoms with van der Waals surface area (Å²) in [6.45, 7) is 3.88. The lowest BCUT2D eigenvalue weighted by Gasteiger charge is -2.33. The van der Waals surface area contributed by atoms with Crippen molar-refractivity contribution in [2.75, 3.05) is 45.0 Å². The van der Waals surface area contributed by atoms with Crippen molar-refractivity contribution in [2.45, 2.75) is 45.7 Å². The fraction of sp³-hybridized carbons (Fsp3) is 0.481. The van der Waals surface area contributed by atoms with Crippen molar-refractivity contribution in [3.8, 4) is 17.2 Å². The first kappa shape index (κ1) is 30.8. The Bertz CT molecular complexity index is 1190. The number of nitrogens with zero attached hydrogens (tertiary/aromatic N) is 2. The molecule has 2 rings (SSSR count). The number of hydrogen-bond donors (Lipinski definition) is 1. The number of ether oxygens (including phenoxy) is 3. The standard InChI is InChI=1S/C27H39N3O7S/c1-7-9-15-28-27(32)23(8-2)29(18-20-11-10-12-21(16-20)35-3)26(31)19-30(38(6,33)34)24-17-22(36-4)13-14-25(24)37-5/h10-14,16-17,23H,7-9,15,18-19H2,1-6H3,(H,28,32)/t23-/m1/s1. The van der Waals surface area contributed by atoms with Gasteiger partial charge in [-0.1, -0.05) is 32.4 Å². The smallest absolute Gasteiger partial charge is 0.244 e. The Balaban J connectivity index is 2.51. The Morgan fingerprint density at radius 3 is 2.24 bits per heavy atom. The van der Waals surface area contributed by atoms with E-state index in [4.69, 9.17) is 14.2 Å². The van der Waals surface area contributed by atoms with Crippen LogP contribution in [0, 0.1) is 0 Å². The predicted molar refractivity (Wildman–Crippen MR) is 147 cm³/mol. The van der Waals surface area contributed by atoms with Crippen LogP contribution < -0.4 is 23.8 Å². The molecular weight excluding hydrogens is 510 g/mol. The van der Waals surface area contributed by atoms with Crippen molar-refractivity contribution in [3.63, 3.8) is 0 Å². The van der Waals surface area contributed by atoms with Gasteiger partial charge in [0.05, 0.1) is 33.3 Å². The van der Waals surface area contributed by atoms with Crippen LogP contribution in [0.2, 0.25) is 0 Å². The maximum absolute atomic E-state index is 13.9. The largest absolute Gasteiger partial charge is 0.497 e. The lowest BCUT2D eigenvalue weighted by Crippen LogP contribution is -2.52. The number of sulfonamides is 1. The number of benzene rings is 2. The highest BCUT2D eigenvalue weighted by molar-refractivity contribution is 7.92. The van der Waals surface area contributed by atoms with E-state index in [9.17, 15) is 18.0 Å². The zero-order valence-corrected chi connectivity index (χ0v) is 23.8. The molecule has 2 amide bonds. The molecule has 11 heteroatoms. The summed E-state index contributed by atoms with van der Waals surface area (Å²) in [6, 6.07) is 11.1. The molecule has 38 heavy (non-hydrogen) atoms. The molecule has 0 spiro atoms. The summed E-state index contributed by atoms with van der Waals surface area (Å²) in [5.74, 6) is 0.432. The minimum absolute atomic E-state index is 0.0859. The van der Waals surface area contributed by atoms with Gasteiger partial charge in [-0.15, -0.1) is 0 Å². The molecule has 0 aliphatic carbocycles. The van der Waals surface area contributed by atoms with Gasteiger partial charge in [0.25, 0.3) is 0 Å². The molecule has 210 valence electrons. The highest BCUT2D eigenvalue weighted by Crippen LogP contribution is 2.34. The Kier molecular flexibility index (Phi) is 11.7. The summed E-state index contributed by atoms with van der Waals surface area (Å²) in [4.78, 5) is 28.4. The summed E-state index contributed by atoms with van der Waals surface area (Å²) in [5.41, 5.74) is 0.895. The van der Waals surface area contributed by atoms with Gasteiger partial charge in [0.15, 0.2) is 0 Å². The van der Waals surface area contributed by atoms with Crippen LogP contribution in [0.25, 0.3) is 0 Å². The Labute approximate surface area is 225 Å². The first-order valence-corrected chi connectivity index (χ1v) is 14.3. The maximum Gasteiger partial charge on any atom is 0.244 e. The second-order valence-corrected chi connectivity index (χ2v) is 10.7. The molecule has 1 atom stereocenters. The molecule has 0 aromatic heterocycles. The molecule has 0 aliphatic rings. The van der Waals surface area contributed by atoms with E-state index in [0.717, 1.165) is 29.0 Å². The molecule has 0 aliphatic heterocycles. The minimum atomic E-state index is -3.93. The van der Waals surface area contributed by atoms with E-state index >= 15 is 0 Å². The van der Waals surface area contributed by atoms with Crippen LogP contribution in [-0.2, 0) is 26.2 Å². The van der Waals surface area contributed by atoms with Crippen LogP contribution in [-0.4, -0.2) is 71.8 Å². The Morgan fingerprint density at radius 1 is 0.974 bits per heavy atom. The van der Waals surface area contributed by atoms with Gasteiger partial charge in [0, 0.05) is 19.2 Å². The van der Waals surface area contributed by atoms with Gasteiger partial charge < -0.3 is 24.4 Å². The fourth-order valence-electron chi connectivity index (χ4n) is 3.98. The van der Waals surface area contributed by atoms with Gasteiger partial charge in [-0.25, -0.2) is 8.42 Å². The van der Waals surface area contributed by atoms with Crippen molar-refractivity contribution in [2.24, 2.45) is 0 Å². The lowest BCUT2D eigenvalue weighted by atomic mass is 10.1. The Morgan fingerprint density at radius 2 is 1.66 bits per heavy atom. The molecule has 2 aromatic carbocycles. The third kappa shape index (κ3) is 8.27. The molecule has 0 saturated carbocycles. The minimum Gasteiger partial charge on any atom is -0.497 e. The van der Waals surface area contributed by atoms with Gasteiger partial charge in [-0.05, 0) is 42.7 Å². The van der Waals surface area contributed by atoms with Crippen LogP contribution in [0.5, 0.6) is 17.2 Å². The van der Waals surface area contributed by atoms with E-state index in [0.29, 0.717) is 24.5 Å². The van der Waals surface area contributed by atoms with Crippen molar-refractivity contribution < 1.29 is 32.2 Å². The van der Waals surface area contributed by atoms with Crippen LogP contribution >= 0.6 is 0 Å². The van der Waals surface area contributed by atoms with Gasteiger partial charge in [0.1, 0.15) is 29.8 Å². The molecule has 0 saturated heterocycles. The fourth-order valence-corrected chi connectivity index (χ4v) is 4.82. The third-order valence-electron chi connectivity index (χ3n) is 6.04. The number of nitrogens with one attached hydrogen (secondary N) is 1. The number of amides is 2. The summed E-state index contributed by atoms with van der Waals surface area (Å²) in [6.07, 6.45) is 3.08. The summed E-state index contributed by atoms with van der Waals surface area (Å²) in [5, 5.41) is 2.90.